The minimum atomic E-state index is -0.354. The summed E-state index contributed by atoms with van der Waals surface area (Å²) < 4.78 is 4.92. The van der Waals surface area contributed by atoms with Crippen LogP contribution in [0.15, 0.2) is 34.9 Å². The highest BCUT2D eigenvalue weighted by Gasteiger charge is 2.19. The fraction of sp³-hybridized carbons (Fsp3) is 0.214. The summed E-state index contributed by atoms with van der Waals surface area (Å²) in [6, 6.07) is 8.35. The third kappa shape index (κ3) is 4.06. The molecule has 1 heterocycles. The molecule has 0 bridgehead atoms. The molecule has 1 aromatic carbocycles. The maximum Gasteiger partial charge on any atom is 0.244 e. The molecule has 0 atom stereocenters. The molecule has 0 unspecified atom stereocenters. The van der Waals surface area contributed by atoms with Crippen LogP contribution in [0.2, 0.25) is 5.02 Å². The van der Waals surface area contributed by atoms with Crippen LogP contribution in [0.3, 0.4) is 0 Å². The standard InChI is InChI=1S/C14H14ClN3O3/c1-9-6-13(17-21-9)18(10(2)19)8-14(20)16-12-5-3-4-11(15)7-12/h3-7H,8H2,1-2H3,(H,16,20). The summed E-state index contributed by atoms with van der Waals surface area (Å²) >= 11 is 5.84. The first kappa shape index (κ1) is 15.1. The number of carbonyl (C=O) groups is 2. The van der Waals surface area contributed by atoms with Crippen LogP contribution in [0.5, 0.6) is 0 Å². The maximum absolute atomic E-state index is 12.0. The minimum absolute atomic E-state index is 0.159. The van der Waals surface area contributed by atoms with E-state index in [0.717, 1.165) is 0 Å². The Balaban J connectivity index is 2.07. The quantitative estimate of drug-likeness (QED) is 0.942. The largest absolute Gasteiger partial charge is 0.360 e. The Morgan fingerprint density at radius 1 is 1.38 bits per heavy atom. The van der Waals surface area contributed by atoms with Gasteiger partial charge in [0.1, 0.15) is 12.3 Å². The predicted octanol–water partition coefficient (Wildman–Crippen LogP) is 2.63. The van der Waals surface area contributed by atoms with Gasteiger partial charge in [-0.05, 0) is 25.1 Å². The molecule has 2 aromatic rings. The number of nitrogens with zero attached hydrogens (tertiary/aromatic N) is 2. The van der Waals surface area contributed by atoms with Gasteiger partial charge in [-0.25, -0.2) is 0 Å². The molecular weight excluding hydrogens is 294 g/mol. The lowest BCUT2D eigenvalue weighted by molar-refractivity contribution is -0.120. The first-order valence-electron chi connectivity index (χ1n) is 6.22. The number of carbonyl (C=O) groups excluding carboxylic acids is 2. The number of hydrogen-bond acceptors (Lipinski definition) is 4. The molecule has 21 heavy (non-hydrogen) atoms. The fourth-order valence-electron chi connectivity index (χ4n) is 1.74. The normalized spacial score (nSPS) is 10.2. The fourth-order valence-corrected chi connectivity index (χ4v) is 1.93. The Bertz CT molecular complexity index is 669. The van der Waals surface area contributed by atoms with Crippen molar-refractivity contribution >= 4 is 34.9 Å². The number of halogens is 1. The highest BCUT2D eigenvalue weighted by Crippen LogP contribution is 2.16. The molecule has 0 aliphatic heterocycles. The number of benzene rings is 1. The first-order valence-corrected chi connectivity index (χ1v) is 6.60. The lowest BCUT2D eigenvalue weighted by atomic mass is 10.3. The van der Waals surface area contributed by atoms with Gasteiger partial charge in [0, 0.05) is 23.7 Å². The van der Waals surface area contributed by atoms with Crippen molar-refractivity contribution in [1.29, 1.82) is 0 Å². The summed E-state index contributed by atoms with van der Waals surface area (Å²) in [5.41, 5.74) is 0.562. The van der Waals surface area contributed by atoms with Crippen LogP contribution in [0, 0.1) is 6.92 Å². The number of anilines is 2. The number of nitrogens with one attached hydrogen (secondary N) is 1. The van der Waals surface area contributed by atoms with Crippen molar-refractivity contribution in [3.8, 4) is 0 Å². The first-order chi connectivity index (χ1) is 9.95. The van der Waals surface area contributed by atoms with Gasteiger partial charge in [0.05, 0.1) is 0 Å². The van der Waals surface area contributed by atoms with Crippen LogP contribution in [-0.4, -0.2) is 23.5 Å². The van der Waals surface area contributed by atoms with Crippen LogP contribution in [0.25, 0.3) is 0 Å². The van der Waals surface area contributed by atoms with E-state index in [1.54, 1.807) is 37.3 Å². The van der Waals surface area contributed by atoms with Gasteiger partial charge in [0.25, 0.3) is 0 Å². The van der Waals surface area contributed by atoms with E-state index < -0.39 is 0 Å². The van der Waals surface area contributed by atoms with Crippen molar-refractivity contribution in [3.63, 3.8) is 0 Å². The predicted molar refractivity (Wildman–Crippen MR) is 79.3 cm³/mol. The van der Waals surface area contributed by atoms with Gasteiger partial charge >= 0.3 is 0 Å². The third-order valence-corrected chi connectivity index (χ3v) is 2.92. The number of amides is 2. The Hall–Kier alpha value is -2.34. The molecule has 110 valence electrons. The molecule has 0 saturated carbocycles. The number of aryl methyl sites for hydroxylation is 1. The van der Waals surface area contributed by atoms with Crippen LogP contribution in [-0.2, 0) is 9.59 Å². The Morgan fingerprint density at radius 2 is 2.14 bits per heavy atom. The summed E-state index contributed by atoms with van der Waals surface area (Å²) in [4.78, 5) is 24.9. The Morgan fingerprint density at radius 3 is 2.71 bits per heavy atom. The van der Waals surface area contributed by atoms with E-state index in [4.69, 9.17) is 16.1 Å². The summed E-state index contributed by atoms with van der Waals surface area (Å²) in [5.74, 6) is 0.213. The van der Waals surface area contributed by atoms with Crippen molar-refractivity contribution in [1.82, 2.24) is 5.16 Å². The number of hydrogen-bond donors (Lipinski definition) is 1. The van der Waals surface area contributed by atoms with E-state index in [-0.39, 0.29) is 18.4 Å². The average molecular weight is 308 g/mol. The van der Waals surface area contributed by atoms with E-state index in [0.29, 0.717) is 22.3 Å². The van der Waals surface area contributed by atoms with Crippen molar-refractivity contribution in [2.45, 2.75) is 13.8 Å². The second-order valence-electron chi connectivity index (χ2n) is 4.46. The van der Waals surface area contributed by atoms with E-state index >= 15 is 0 Å². The molecular formula is C14H14ClN3O3. The molecule has 0 aliphatic rings. The van der Waals surface area contributed by atoms with Crippen LogP contribution in [0.1, 0.15) is 12.7 Å². The van der Waals surface area contributed by atoms with E-state index in [1.165, 1.54) is 11.8 Å². The van der Waals surface area contributed by atoms with Crippen molar-refractivity contribution in [3.05, 3.63) is 41.1 Å². The second kappa shape index (κ2) is 6.41. The molecule has 6 nitrogen and oxygen atoms in total. The zero-order chi connectivity index (χ0) is 15.4. The summed E-state index contributed by atoms with van der Waals surface area (Å²) in [6.07, 6.45) is 0. The van der Waals surface area contributed by atoms with E-state index in [9.17, 15) is 9.59 Å². The van der Waals surface area contributed by atoms with Gasteiger partial charge < -0.3 is 9.84 Å². The molecule has 0 radical (unpaired) electrons. The maximum atomic E-state index is 12.0. The van der Waals surface area contributed by atoms with Crippen LogP contribution >= 0.6 is 11.6 Å². The molecule has 2 rings (SSSR count). The van der Waals surface area contributed by atoms with Crippen LogP contribution in [0.4, 0.5) is 11.5 Å². The molecule has 0 saturated heterocycles. The van der Waals surface area contributed by atoms with E-state index in [1.807, 2.05) is 0 Å². The highest BCUT2D eigenvalue weighted by molar-refractivity contribution is 6.30. The smallest absolute Gasteiger partial charge is 0.244 e. The van der Waals surface area contributed by atoms with Crippen molar-refractivity contribution in [2.24, 2.45) is 0 Å². The zero-order valence-electron chi connectivity index (χ0n) is 11.6. The van der Waals surface area contributed by atoms with Gasteiger partial charge in [0.2, 0.25) is 11.8 Å². The molecule has 0 spiro atoms. The molecule has 0 fully saturated rings. The van der Waals surface area contributed by atoms with Gasteiger partial charge in [0.15, 0.2) is 5.82 Å². The molecule has 2 amide bonds. The zero-order valence-corrected chi connectivity index (χ0v) is 12.3. The molecule has 1 N–H and O–H groups in total. The molecule has 7 heteroatoms. The monoisotopic (exact) mass is 307 g/mol. The van der Waals surface area contributed by atoms with Gasteiger partial charge in [-0.1, -0.05) is 22.8 Å². The molecule has 0 aliphatic carbocycles. The topological polar surface area (TPSA) is 75.4 Å². The SMILES string of the molecule is CC(=O)N(CC(=O)Nc1cccc(Cl)c1)c1cc(C)on1. The minimum Gasteiger partial charge on any atom is -0.360 e. The van der Waals surface area contributed by atoms with E-state index in [2.05, 4.69) is 10.5 Å². The third-order valence-electron chi connectivity index (χ3n) is 2.68. The molecule has 1 aromatic heterocycles. The summed E-state index contributed by atoms with van der Waals surface area (Å²) in [5, 5.41) is 6.93. The highest BCUT2D eigenvalue weighted by atomic mass is 35.5. The van der Waals surface area contributed by atoms with Gasteiger partial charge in [-0.2, -0.15) is 0 Å². The van der Waals surface area contributed by atoms with Crippen LogP contribution < -0.4 is 10.2 Å². The number of aromatic nitrogens is 1. The van der Waals surface area contributed by atoms with Gasteiger partial charge in [-0.3, -0.25) is 14.5 Å². The second-order valence-corrected chi connectivity index (χ2v) is 4.90. The lowest BCUT2D eigenvalue weighted by Gasteiger charge is -2.17. The number of rotatable bonds is 4. The van der Waals surface area contributed by atoms with Crippen molar-refractivity contribution < 1.29 is 14.1 Å². The Kier molecular flexibility index (Phi) is 4.59. The summed E-state index contributed by atoms with van der Waals surface area (Å²) in [7, 11) is 0. The lowest BCUT2D eigenvalue weighted by Crippen LogP contribution is -2.36. The van der Waals surface area contributed by atoms with Gasteiger partial charge in [-0.15, -0.1) is 0 Å². The summed E-state index contributed by atoms with van der Waals surface area (Å²) in [6.45, 7) is 2.91. The average Bonchev–Trinajstić information content (AvgIpc) is 2.82. The Labute approximate surface area is 126 Å². The van der Waals surface area contributed by atoms with Crippen molar-refractivity contribution in [2.75, 3.05) is 16.8 Å².